The van der Waals surface area contributed by atoms with Gasteiger partial charge in [-0.25, -0.2) is 0 Å². The molecule has 1 nitrogen and oxygen atoms in total. The van der Waals surface area contributed by atoms with Crippen LogP contribution in [0.2, 0.25) is 0 Å². The molecular formula is C19H22O. The maximum absolute atomic E-state index is 12.5. The van der Waals surface area contributed by atoms with Gasteiger partial charge < -0.3 is 0 Å². The van der Waals surface area contributed by atoms with Gasteiger partial charge in [-0.2, -0.15) is 0 Å². The summed E-state index contributed by atoms with van der Waals surface area (Å²) >= 11 is 0. The molecule has 0 radical (unpaired) electrons. The van der Waals surface area contributed by atoms with Crippen LogP contribution in [0, 0.1) is 5.41 Å². The standard InChI is InChI=1S/C19H22O/c1-19(2,3)18(20)17-12-8-7-11-16(17)14-13-15-9-5-4-6-10-15/h4-12H,13-14H2,1-3H3. The van der Waals surface area contributed by atoms with Gasteiger partial charge in [-0.3, -0.25) is 4.79 Å². The van der Waals surface area contributed by atoms with Crippen molar-refractivity contribution >= 4 is 5.78 Å². The monoisotopic (exact) mass is 266 g/mol. The Balaban J connectivity index is 2.19. The highest BCUT2D eigenvalue weighted by atomic mass is 16.1. The molecule has 0 N–H and O–H groups in total. The molecule has 0 fully saturated rings. The maximum atomic E-state index is 12.5. The molecule has 104 valence electrons. The zero-order valence-corrected chi connectivity index (χ0v) is 12.5. The highest BCUT2D eigenvalue weighted by molar-refractivity contribution is 6.01. The molecule has 0 aliphatic rings. The molecule has 0 unspecified atom stereocenters. The van der Waals surface area contributed by atoms with Crippen LogP contribution < -0.4 is 0 Å². The van der Waals surface area contributed by atoms with Crippen molar-refractivity contribution in [3.8, 4) is 0 Å². The van der Waals surface area contributed by atoms with Crippen molar-refractivity contribution in [2.45, 2.75) is 33.6 Å². The lowest BCUT2D eigenvalue weighted by molar-refractivity contribution is 0.0857. The van der Waals surface area contributed by atoms with Crippen LogP contribution in [-0.4, -0.2) is 5.78 Å². The molecule has 0 aliphatic carbocycles. The first-order chi connectivity index (χ1) is 9.48. The van der Waals surface area contributed by atoms with Crippen molar-refractivity contribution in [1.29, 1.82) is 0 Å². The van der Waals surface area contributed by atoms with Crippen LogP contribution in [0.4, 0.5) is 0 Å². The second-order valence-electron chi connectivity index (χ2n) is 6.22. The Morgan fingerprint density at radius 1 is 0.850 bits per heavy atom. The Kier molecular flexibility index (Phi) is 4.39. The topological polar surface area (TPSA) is 17.1 Å². The number of Topliss-reactive ketones (excluding diaryl/α,β-unsaturated/α-hetero) is 1. The van der Waals surface area contributed by atoms with Crippen LogP contribution in [0.5, 0.6) is 0 Å². The van der Waals surface area contributed by atoms with Crippen LogP contribution in [0.25, 0.3) is 0 Å². The van der Waals surface area contributed by atoms with E-state index in [2.05, 4.69) is 30.3 Å². The van der Waals surface area contributed by atoms with Crippen molar-refractivity contribution in [3.63, 3.8) is 0 Å². The van der Waals surface area contributed by atoms with Gasteiger partial charge in [0.1, 0.15) is 0 Å². The molecule has 0 atom stereocenters. The maximum Gasteiger partial charge on any atom is 0.168 e. The quantitative estimate of drug-likeness (QED) is 0.733. The van der Waals surface area contributed by atoms with Crippen molar-refractivity contribution in [1.82, 2.24) is 0 Å². The molecule has 0 saturated carbocycles. The molecule has 2 aromatic carbocycles. The van der Waals surface area contributed by atoms with Gasteiger partial charge in [0, 0.05) is 11.0 Å². The van der Waals surface area contributed by atoms with Gasteiger partial charge in [-0.05, 0) is 24.0 Å². The lowest BCUT2D eigenvalue weighted by Gasteiger charge is -2.19. The predicted octanol–water partition coefficient (Wildman–Crippen LogP) is 4.70. The fourth-order valence-electron chi connectivity index (χ4n) is 2.29. The molecule has 0 spiro atoms. The molecule has 0 heterocycles. The first kappa shape index (κ1) is 14.5. The Bertz CT molecular complexity index is 576. The van der Waals surface area contributed by atoms with Gasteiger partial charge in [0.25, 0.3) is 0 Å². The lowest BCUT2D eigenvalue weighted by Crippen LogP contribution is -2.21. The molecule has 2 aromatic rings. The van der Waals surface area contributed by atoms with Crippen molar-refractivity contribution in [2.24, 2.45) is 5.41 Å². The zero-order chi connectivity index (χ0) is 14.6. The smallest absolute Gasteiger partial charge is 0.168 e. The van der Waals surface area contributed by atoms with E-state index in [1.165, 1.54) is 5.56 Å². The van der Waals surface area contributed by atoms with E-state index in [4.69, 9.17) is 0 Å². The summed E-state index contributed by atoms with van der Waals surface area (Å²) in [6.07, 6.45) is 1.87. The second-order valence-corrected chi connectivity index (χ2v) is 6.22. The first-order valence-electron chi connectivity index (χ1n) is 7.15. The van der Waals surface area contributed by atoms with Gasteiger partial charge in [0.15, 0.2) is 5.78 Å². The van der Waals surface area contributed by atoms with Crippen LogP contribution in [0.1, 0.15) is 42.3 Å². The molecule has 0 aromatic heterocycles. The number of carbonyl (C=O) groups excluding carboxylic acids is 1. The van der Waals surface area contributed by atoms with Gasteiger partial charge >= 0.3 is 0 Å². The summed E-state index contributed by atoms with van der Waals surface area (Å²) in [4.78, 5) is 12.5. The van der Waals surface area contributed by atoms with Crippen molar-refractivity contribution < 1.29 is 4.79 Å². The van der Waals surface area contributed by atoms with Crippen LogP contribution in [0.3, 0.4) is 0 Å². The fraction of sp³-hybridized carbons (Fsp3) is 0.316. The third-order valence-electron chi connectivity index (χ3n) is 3.47. The minimum atomic E-state index is -0.331. The summed E-state index contributed by atoms with van der Waals surface area (Å²) in [5, 5.41) is 0. The molecule has 0 aliphatic heterocycles. The van der Waals surface area contributed by atoms with Crippen LogP contribution in [-0.2, 0) is 12.8 Å². The number of rotatable bonds is 4. The van der Waals surface area contributed by atoms with Gasteiger partial charge in [-0.15, -0.1) is 0 Å². The Labute approximate surface area is 121 Å². The summed E-state index contributed by atoms with van der Waals surface area (Å²) in [7, 11) is 0. The van der Waals surface area contributed by atoms with E-state index in [0.29, 0.717) is 0 Å². The van der Waals surface area contributed by atoms with Crippen LogP contribution in [0.15, 0.2) is 54.6 Å². The van der Waals surface area contributed by atoms with Crippen LogP contribution >= 0.6 is 0 Å². The highest BCUT2D eigenvalue weighted by Gasteiger charge is 2.24. The van der Waals surface area contributed by atoms with E-state index in [1.807, 2.05) is 45.0 Å². The molecule has 2 rings (SSSR count). The third kappa shape index (κ3) is 3.57. The summed E-state index contributed by atoms with van der Waals surface area (Å²) in [5.74, 6) is 0.223. The summed E-state index contributed by atoms with van der Waals surface area (Å²) in [5.41, 5.74) is 3.00. The summed E-state index contributed by atoms with van der Waals surface area (Å²) < 4.78 is 0. The second kappa shape index (κ2) is 6.04. The molecule has 1 heteroatoms. The molecule has 0 bridgehead atoms. The average molecular weight is 266 g/mol. The fourth-order valence-corrected chi connectivity index (χ4v) is 2.29. The normalized spacial score (nSPS) is 11.3. The Morgan fingerprint density at radius 2 is 1.45 bits per heavy atom. The molecule has 0 saturated heterocycles. The Hall–Kier alpha value is -1.89. The highest BCUT2D eigenvalue weighted by Crippen LogP contribution is 2.24. The van der Waals surface area contributed by atoms with E-state index in [0.717, 1.165) is 24.0 Å². The lowest BCUT2D eigenvalue weighted by atomic mass is 9.84. The Morgan fingerprint density at radius 3 is 2.10 bits per heavy atom. The molecular weight excluding hydrogens is 244 g/mol. The number of benzene rings is 2. The van der Waals surface area contributed by atoms with E-state index >= 15 is 0 Å². The van der Waals surface area contributed by atoms with E-state index in [-0.39, 0.29) is 11.2 Å². The summed E-state index contributed by atoms with van der Waals surface area (Å²) in [6, 6.07) is 18.4. The number of hydrogen-bond acceptors (Lipinski definition) is 1. The number of ketones is 1. The minimum Gasteiger partial charge on any atom is -0.294 e. The van der Waals surface area contributed by atoms with Crippen molar-refractivity contribution in [3.05, 3.63) is 71.3 Å². The zero-order valence-electron chi connectivity index (χ0n) is 12.5. The third-order valence-corrected chi connectivity index (χ3v) is 3.47. The number of aryl methyl sites for hydroxylation is 2. The van der Waals surface area contributed by atoms with Gasteiger partial charge in [0.2, 0.25) is 0 Å². The average Bonchev–Trinajstić information content (AvgIpc) is 2.45. The minimum absolute atomic E-state index is 0.223. The van der Waals surface area contributed by atoms with E-state index in [9.17, 15) is 4.79 Å². The molecule has 0 amide bonds. The largest absolute Gasteiger partial charge is 0.294 e. The van der Waals surface area contributed by atoms with Gasteiger partial charge in [0.05, 0.1) is 0 Å². The first-order valence-corrected chi connectivity index (χ1v) is 7.15. The predicted molar refractivity (Wildman–Crippen MR) is 84.1 cm³/mol. The SMILES string of the molecule is CC(C)(C)C(=O)c1ccccc1CCc1ccccc1. The number of hydrogen-bond donors (Lipinski definition) is 0. The van der Waals surface area contributed by atoms with E-state index in [1.54, 1.807) is 0 Å². The summed E-state index contributed by atoms with van der Waals surface area (Å²) in [6.45, 7) is 5.93. The van der Waals surface area contributed by atoms with Crippen molar-refractivity contribution in [2.75, 3.05) is 0 Å². The number of carbonyl (C=O) groups is 1. The molecule has 20 heavy (non-hydrogen) atoms. The van der Waals surface area contributed by atoms with Gasteiger partial charge in [-0.1, -0.05) is 75.4 Å². The van der Waals surface area contributed by atoms with E-state index < -0.39 is 0 Å².